The van der Waals surface area contributed by atoms with Crippen molar-refractivity contribution in [1.29, 1.82) is 0 Å². The molecular weight excluding hydrogens is 194 g/mol. The van der Waals surface area contributed by atoms with Gasteiger partial charge in [-0.05, 0) is 31.5 Å². The summed E-state index contributed by atoms with van der Waals surface area (Å²) in [4.78, 5) is 11.6. The third kappa shape index (κ3) is 2.95. The molecule has 15 heavy (non-hydrogen) atoms. The third-order valence-corrected chi connectivity index (χ3v) is 2.05. The van der Waals surface area contributed by atoms with E-state index in [2.05, 4.69) is 5.32 Å². The second-order valence-corrected chi connectivity index (χ2v) is 3.58. The molecule has 3 N–H and O–H groups in total. The van der Waals surface area contributed by atoms with E-state index in [9.17, 15) is 9.90 Å². The molecule has 1 atom stereocenters. The van der Waals surface area contributed by atoms with Gasteiger partial charge in [-0.2, -0.15) is 0 Å². The summed E-state index contributed by atoms with van der Waals surface area (Å²) in [6.07, 6.45) is 0. The van der Waals surface area contributed by atoms with Crippen molar-refractivity contribution < 1.29 is 15.0 Å². The van der Waals surface area contributed by atoms with Gasteiger partial charge in [0.05, 0.1) is 12.2 Å². The zero-order valence-corrected chi connectivity index (χ0v) is 8.82. The van der Waals surface area contributed by atoms with Crippen LogP contribution in [0.25, 0.3) is 0 Å². The standard InChI is InChI=1S/C11H15NO3/c1-7-3-4-9(10(14)5-7)11(15)12-8(2)6-13/h3-5,8,13-14H,6H2,1-2H3,(H,12,15)/t8-/m0/s1. The Hall–Kier alpha value is -1.55. The average molecular weight is 209 g/mol. The number of rotatable bonds is 3. The van der Waals surface area contributed by atoms with E-state index in [0.717, 1.165) is 5.56 Å². The fourth-order valence-corrected chi connectivity index (χ4v) is 1.18. The Morgan fingerprint density at radius 1 is 1.53 bits per heavy atom. The smallest absolute Gasteiger partial charge is 0.255 e. The van der Waals surface area contributed by atoms with E-state index in [1.165, 1.54) is 6.07 Å². The van der Waals surface area contributed by atoms with E-state index in [0.29, 0.717) is 0 Å². The van der Waals surface area contributed by atoms with E-state index >= 15 is 0 Å². The number of hydrogen-bond acceptors (Lipinski definition) is 3. The van der Waals surface area contributed by atoms with E-state index in [1.807, 2.05) is 6.92 Å². The highest BCUT2D eigenvalue weighted by Gasteiger charge is 2.12. The van der Waals surface area contributed by atoms with Gasteiger partial charge in [0, 0.05) is 6.04 Å². The van der Waals surface area contributed by atoms with E-state index < -0.39 is 0 Å². The summed E-state index contributed by atoms with van der Waals surface area (Å²) >= 11 is 0. The largest absolute Gasteiger partial charge is 0.507 e. The lowest BCUT2D eigenvalue weighted by Gasteiger charge is -2.11. The maximum Gasteiger partial charge on any atom is 0.255 e. The van der Waals surface area contributed by atoms with E-state index in [1.54, 1.807) is 19.1 Å². The molecule has 82 valence electrons. The van der Waals surface area contributed by atoms with Crippen LogP contribution in [0.3, 0.4) is 0 Å². The second kappa shape index (κ2) is 4.79. The Morgan fingerprint density at radius 2 is 2.20 bits per heavy atom. The highest BCUT2D eigenvalue weighted by atomic mass is 16.3. The van der Waals surface area contributed by atoms with Crippen LogP contribution in [0, 0.1) is 6.92 Å². The molecule has 0 aliphatic rings. The highest BCUT2D eigenvalue weighted by Crippen LogP contribution is 2.18. The van der Waals surface area contributed by atoms with Gasteiger partial charge in [-0.25, -0.2) is 0 Å². The number of benzene rings is 1. The summed E-state index contributed by atoms with van der Waals surface area (Å²) < 4.78 is 0. The molecule has 1 aromatic rings. The molecule has 1 aromatic carbocycles. The summed E-state index contributed by atoms with van der Waals surface area (Å²) in [7, 11) is 0. The minimum atomic E-state index is -0.381. The molecule has 0 aromatic heterocycles. The fourth-order valence-electron chi connectivity index (χ4n) is 1.18. The predicted octanol–water partition coefficient (Wildman–Crippen LogP) is 0.811. The Balaban J connectivity index is 2.82. The lowest BCUT2D eigenvalue weighted by Crippen LogP contribution is -2.34. The van der Waals surface area contributed by atoms with Gasteiger partial charge in [-0.1, -0.05) is 6.07 Å². The zero-order valence-electron chi connectivity index (χ0n) is 8.82. The van der Waals surface area contributed by atoms with E-state index in [4.69, 9.17) is 5.11 Å². The fraction of sp³-hybridized carbons (Fsp3) is 0.364. The normalized spacial score (nSPS) is 12.2. The molecule has 0 unspecified atom stereocenters. The van der Waals surface area contributed by atoms with Gasteiger partial charge in [0.25, 0.3) is 5.91 Å². The van der Waals surface area contributed by atoms with Crippen LogP contribution in [0.5, 0.6) is 5.75 Å². The number of phenolic OH excluding ortho intramolecular Hbond substituents is 1. The number of aromatic hydroxyl groups is 1. The van der Waals surface area contributed by atoms with Crippen molar-refractivity contribution in [3.05, 3.63) is 29.3 Å². The predicted molar refractivity (Wildman–Crippen MR) is 56.9 cm³/mol. The van der Waals surface area contributed by atoms with Crippen LogP contribution in [-0.4, -0.2) is 28.8 Å². The van der Waals surface area contributed by atoms with Crippen LogP contribution in [0.15, 0.2) is 18.2 Å². The number of nitrogens with one attached hydrogen (secondary N) is 1. The van der Waals surface area contributed by atoms with Gasteiger partial charge in [-0.15, -0.1) is 0 Å². The summed E-state index contributed by atoms with van der Waals surface area (Å²) in [6.45, 7) is 3.39. The molecule has 0 fully saturated rings. The molecule has 4 nitrogen and oxygen atoms in total. The molecule has 0 aliphatic carbocycles. The maximum absolute atomic E-state index is 11.6. The van der Waals surface area contributed by atoms with Crippen LogP contribution in [0.1, 0.15) is 22.8 Å². The monoisotopic (exact) mass is 209 g/mol. The minimum Gasteiger partial charge on any atom is -0.507 e. The summed E-state index contributed by atoms with van der Waals surface area (Å²) in [5, 5.41) is 20.8. The molecule has 0 aliphatic heterocycles. The number of phenols is 1. The molecule has 0 saturated carbocycles. The first-order valence-electron chi connectivity index (χ1n) is 4.76. The molecule has 0 saturated heterocycles. The van der Waals surface area contributed by atoms with Crippen LogP contribution < -0.4 is 5.32 Å². The highest BCUT2D eigenvalue weighted by molar-refractivity contribution is 5.97. The van der Waals surface area contributed by atoms with Crippen LogP contribution >= 0.6 is 0 Å². The van der Waals surface area contributed by atoms with Crippen molar-refractivity contribution in [1.82, 2.24) is 5.32 Å². The molecule has 0 bridgehead atoms. The molecule has 0 heterocycles. The topological polar surface area (TPSA) is 69.6 Å². The van der Waals surface area contributed by atoms with Crippen molar-refractivity contribution >= 4 is 5.91 Å². The lowest BCUT2D eigenvalue weighted by molar-refractivity contribution is 0.0919. The summed E-state index contributed by atoms with van der Waals surface area (Å²) in [5.74, 6) is -0.424. The molecule has 0 radical (unpaired) electrons. The Bertz CT molecular complexity index is 363. The van der Waals surface area contributed by atoms with Crippen LogP contribution in [0.2, 0.25) is 0 Å². The van der Waals surface area contributed by atoms with Gasteiger partial charge in [0.2, 0.25) is 0 Å². The van der Waals surface area contributed by atoms with Crippen molar-refractivity contribution in [2.75, 3.05) is 6.61 Å². The van der Waals surface area contributed by atoms with Gasteiger partial charge in [0.15, 0.2) is 0 Å². The number of aliphatic hydroxyl groups is 1. The lowest BCUT2D eigenvalue weighted by atomic mass is 10.1. The molecule has 1 amide bonds. The number of amides is 1. The quantitative estimate of drug-likeness (QED) is 0.690. The van der Waals surface area contributed by atoms with Gasteiger partial charge < -0.3 is 15.5 Å². The average Bonchev–Trinajstić information content (AvgIpc) is 2.17. The van der Waals surface area contributed by atoms with Crippen molar-refractivity contribution in [3.63, 3.8) is 0 Å². The van der Waals surface area contributed by atoms with Crippen LogP contribution in [-0.2, 0) is 0 Å². The van der Waals surface area contributed by atoms with Crippen molar-refractivity contribution in [3.8, 4) is 5.75 Å². The number of carbonyl (C=O) groups excluding carboxylic acids is 1. The van der Waals surface area contributed by atoms with Crippen molar-refractivity contribution in [2.45, 2.75) is 19.9 Å². The molecule has 0 spiro atoms. The second-order valence-electron chi connectivity index (χ2n) is 3.58. The Kier molecular flexibility index (Phi) is 3.68. The van der Waals surface area contributed by atoms with Gasteiger partial charge >= 0.3 is 0 Å². The zero-order chi connectivity index (χ0) is 11.4. The number of aliphatic hydroxyl groups excluding tert-OH is 1. The summed E-state index contributed by atoms with van der Waals surface area (Å²) in [6, 6.07) is 4.51. The number of carbonyl (C=O) groups is 1. The Labute approximate surface area is 88.6 Å². The third-order valence-electron chi connectivity index (χ3n) is 2.05. The van der Waals surface area contributed by atoms with Gasteiger partial charge in [-0.3, -0.25) is 4.79 Å². The molecular formula is C11H15NO3. The molecule has 4 heteroatoms. The first-order valence-corrected chi connectivity index (χ1v) is 4.76. The van der Waals surface area contributed by atoms with Gasteiger partial charge in [0.1, 0.15) is 5.75 Å². The van der Waals surface area contributed by atoms with E-state index in [-0.39, 0.29) is 29.9 Å². The SMILES string of the molecule is Cc1ccc(C(=O)N[C@@H](C)CO)c(O)c1. The first kappa shape index (κ1) is 11.5. The Morgan fingerprint density at radius 3 is 2.73 bits per heavy atom. The first-order chi connectivity index (χ1) is 7.04. The number of aryl methyl sites for hydroxylation is 1. The van der Waals surface area contributed by atoms with Crippen molar-refractivity contribution in [2.24, 2.45) is 0 Å². The maximum atomic E-state index is 11.6. The van der Waals surface area contributed by atoms with Crippen LogP contribution in [0.4, 0.5) is 0 Å². The summed E-state index contributed by atoms with van der Waals surface area (Å²) in [5.41, 5.74) is 1.11. The molecule has 1 rings (SSSR count). The minimum absolute atomic E-state index is 0.0439. The number of hydrogen-bond donors (Lipinski definition) is 3.